The highest BCUT2D eigenvalue weighted by atomic mass is 35.5. The molecule has 4 nitrogen and oxygen atoms in total. The highest BCUT2D eigenvalue weighted by Crippen LogP contribution is 2.24. The molecule has 14 heavy (non-hydrogen) atoms. The van der Waals surface area contributed by atoms with E-state index in [9.17, 15) is 4.79 Å². The first-order chi connectivity index (χ1) is 6.68. The highest BCUT2D eigenvalue weighted by Gasteiger charge is 2.31. The average molecular weight is 213 g/mol. The van der Waals surface area contributed by atoms with E-state index in [0.717, 1.165) is 5.69 Å². The van der Waals surface area contributed by atoms with Crippen LogP contribution in [0, 0.1) is 0 Å². The summed E-state index contributed by atoms with van der Waals surface area (Å²) < 4.78 is 4.88. The van der Waals surface area contributed by atoms with Gasteiger partial charge in [-0.25, -0.2) is 4.79 Å². The van der Waals surface area contributed by atoms with Crippen molar-refractivity contribution in [3.8, 4) is 0 Å². The van der Waals surface area contributed by atoms with Gasteiger partial charge in [0.15, 0.2) is 0 Å². The highest BCUT2D eigenvalue weighted by molar-refractivity contribution is 6.30. The zero-order chi connectivity index (χ0) is 10.1. The molecule has 1 aliphatic rings. The van der Waals surface area contributed by atoms with E-state index in [1.165, 1.54) is 4.90 Å². The molecule has 0 N–H and O–H groups in total. The molecule has 5 heteroatoms. The van der Waals surface area contributed by atoms with Gasteiger partial charge in [0.25, 0.3) is 0 Å². The minimum absolute atomic E-state index is 0.0974. The van der Waals surface area contributed by atoms with Crippen molar-refractivity contribution >= 4 is 17.7 Å². The van der Waals surface area contributed by atoms with Crippen LogP contribution in [-0.4, -0.2) is 29.6 Å². The van der Waals surface area contributed by atoms with Gasteiger partial charge >= 0.3 is 6.09 Å². The normalized spacial score (nSPS) is 21.1. The fraction of sp³-hybridized carbons (Fsp3) is 0.333. The Kier molecular flexibility index (Phi) is 2.29. The fourth-order valence-electron chi connectivity index (χ4n) is 1.36. The Bertz CT molecular complexity index is 352. The maximum atomic E-state index is 11.1. The van der Waals surface area contributed by atoms with E-state index in [4.69, 9.17) is 16.3 Å². The van der Waals surface area contributed by atoms with Crippen LogP contribution >= 0.6 is 11.6 Å². The second kappa shape index (κ2) is 3.46. The standard InChI is InChI=1S/C9H9ClN2O2/c1-12-8(5-14-9(12)13)7-3-2-6(10)4-11-7/h2-4,8H,5H2,1H3. The third-order valence-corrected chi connectivity index (χ3v) is 2.44. The summed E-state index contributed by atoms with van der Waals surface area (Å²) >= 11 is 5.71. The monoisotopic (exact) mass is 212 g/mol. The van der Waals surface area contributed by atoms with E-state index in [1.807, 2.05) is 0 Å². The first-order valence-electron chi connectivity index (χ1n) is 4.19. The number of ether oxygens (including phenoxy) is 1. The Morgan fingerprint density at radius 1 is 1.64 bits per heavy atom. The van der Waals surface area contributed by atoms with Gasteiger partial charge in [0, 0.05) is 13.2 Å². The first-order valence-corrected chi connectivity index (χ1v) is 4.57. The van der Waals surface area contributed by atoms with E-state index in [0.29, 0.717) is 11.6 Å². The number of halogens is 1. The zero-order valence-electron chi connectivity index (χ0n) is 7.61. The van der Waals surface area contributed by atoms with Gasteiger partial charge in [-0.3, -0.25) is 9.88 Å². The topological polar surface area (TPSA) is 42.4 Å². The average Bonchev–Trinajstić information content (AvgIpc) is 2.50. The van der Waals surface area contributed by atoms with Gasteiger partial charge in [0.2, 0.25) is 0 Å². The summed E-state index contributed by atoms with van der Waals surface area (Å²) in [5.41, 5.74) is 0.794. The molecule has 1 aromatic heterocycles. The lowest BCUT2D eigenvalue weighted by molar-refractivity contribution is 0.163. The molecule has 0 aliphatic carbocycles. The molecule has 1 unspecified atom stereocenters. The van der Waals surface area contributed by atoms with Gasteiger partial charge < -0.3 is 4.74 Å². The van der Waals surface area contributed by atoms with E-state index < -0.39 is 0 Å². The molecule has 2 rings (SSSR count). The summed E-state index contributed by atoms with van der Waals surface area (Å²) in [4.78, 5) is 16.7. The minimum atomic E-state index is -0.313. The van der Waals surface area contributed by atoms with Gasteiger partial charge in [0.1, 0.15) is 12.6 Å². The lowest BCUT2D eigenvalue weighted by Gasteiger charge is -2.14. The smallest absolute Gasteiger partial charge is 0.410 e. The second-order valence-electron chi connectivity index (χ2n) is 3.10. The van der Waals surface area contributed by atoms with Crippen LogP contribution in [0.4, 0.5) is 4.79 Å². The molecule has 0 saturated carbocycles. The van der Waals surface area contributed by atoms with E-state index in [-0.39, 0.29) is 12.1 Å². The Balaban J connectivity index is 2.23. The van der Waals surface area contributed by atoms with Crippen molar-refractivity contribution in [2.45, 2.75) is 6.04 Å². The van der Waals surface area contributed by atoms with Crippen molar-refractivity contribution in [1.82, 2.24) is 9.88 Å². The predicted octanol–water partition coefficient (Wildman–Crippen LogP) is 1.86. The third kappa shape index (κ3) is 1.53. The molecule has 1 aromatic rings. The van der Waals surface area contributed by atoms with Gasteiger partial charge in [-0.1, -0.05) is 11.6 Å². The van der Waals surface area contributed by atoms with Crippen LogP contribution in [-0.2, 0) is 4.74 Å². The van der Waals surface area contributed by atoms with Crippen LogP contribution in [0.2, 0.25) is 5.02 Å². The molecule has 1 atom stereocenters. The van der Waals surface area contributed by atoms with Crippen molar-refractivity contribution in [2.24, 2.45) is 0 Å². The summed E-state index contributed by atoms with van der Waals surface area (Å²) in [5, 5.41) is 0.585. The molecule has 1 amide bonds. The van der Waals surface area contributed by atoms with Gasteiger partial charge in [-0.05, 0) is 12.1 Å². The van der Waals surface area contributed by atoms with Gasteiger partial charge in [0.05, 0.1) is 10.7 Å². The predicted molar refractivity (Wildman–Crippen MR) is 51.1 cm³/mol. The number of hydrogen-bond acceptors (Lipinski definition) is 3. The fourth-order valence-corrected chi connectivity index (χ4v) is 1.47. The van der Waals surface area contributed by atoms with E-state index in [2.05, 4.69) is 4.98 Å². The summed E-state index contributed by atoms with van der Waals surface area (Å²) in [5.74, 6) is 0. The van der Waals surface area contributed by atoms with E-state index in [1.54, 1.807) is 25.4 Å². The minimum Gasteiger partial charge on any atom is -0.447 e. The molecule has 0 bridgehead atoms. The summed E-state index contributed by atoms with van der Waals surface area (Å²) in [6.07, 6.45) is 1.25. The van der Waals surface area contributed by atoms with Gasteiger partial charge in [-0.2, -0.15) is 0 Å². The van der Waals surface area contributed by atoms with Gasteiger partial charge in [-0.15, -0.1) is 0 Å². The van der Waals surface area contributed by atoms with Crippen LogP contribution in [0.5, 0.6) is 0 Å². The maximum absolute atomic E-state index is 11.1. The lowest BCUT2D eigenvalue weighted by Crippen LogP contribution is -2.23. The number of amides is 1. The Hall–Kier alpha value is -1.29. The number of aromatic nitrogens is 1. The number of pyridine rings is 1. The van der Waals surface area contributed by atoms with Crippen LogP contribution < -0.4 is 0 Å². The quantitative estimate of drug-likeness (QED) is 0.714. The zero-order valence-corrected chi connectivity index (χ0v) is 8.36. The van der Waals surface area contributed by atoms with Crippen LogP contribution in [0.3, 0.4) is 0 Å². The summed E-state index contributed by atoms with van der Waals surface area (Å²) in [6.45, 7) is 0.351. The Morgan fingerprint density at radius 3 is 2.93 bits per heavy atom. The molecule has 0 aromatic carbocycles. The molecule has 1 saturated heterocycles. The van der Waals surface area contributed by atoms with Crippen LogP contribution in [0.1, 0.15) is 11.7 Å². The molecule has 0 spiro atoms. The molecular weight excluding hydrogens is 204 g/mol. The number of hydrogen-bond donors (Lipinski definition) is 0. The van der Waals surface area contributed by atoms with Crippen molar-refractivity contribution in [3.63, 3.8) is 0 Å². The maximum Gasteiger partial charge on any atom is 0.410 e. The van der Waals surface area contributed by atoms with Crippen molar-refractivity contribution in [2.75, 3.05) is 13.7 Å². The second-order valence-corrected chi connectivity index (χ2v) is 3.54. The number of rotatable bonds is 1. The van der Waals surface area contributed by atoms with Crippen LogP contribution in [0.15, 0.2) is 18.3 Å². The Morgan fingerprint density at radius 2 is 2.43 bits per heavy atom. The molecule has 0 radical (unpaired) electrons. The number of nitrogens with zero attached hydrogens (tertiary/aromatic N) is 2. The number of carbonyl (C=O) groups is 1. The molecular formula is C9H9ClN2O2. The van der Waals surface area contributed by atoms with Crippen LogP contribution in [0.25, 0.3) is 0 Å². The molecule has 74 valence electrons. The molecule has 1 fully saturated rings. The van der Waals surface area contributed by atoms with Crippen molar-refractivity contribution in [3.05, 3.63) is 29.0 Å². The largest absolute Gasteiger partial charge is 0.447 e. The van der Waals surface area contributed by atoms with E-state index >= 15 is 0 Å². The number of likely N-dealkylation sites (N-methyl/N-ethyl adjacent to an activating group) is 1. The number of cyclic esters (lactones) is 1. The molecule has 2 heterocycles. The van der Waals surface area contributed by atoms with Crippen molar-refractivity contribution < 1.29 is 9.53 Å². The summed E-state index contributed by atoms with van der Waals surface area (Å²) in [6, 6.07) is 3.45. The summed E-state index contributed by atoms with van der Waals surface area (Å²) in [7, 11) is 1.69. The van der Waals surface area contributed by atoms with Crippen molar-refractivity contribution in [1.29, 1.82) is 0 Å². The number of carbonyl (C=O) groups excluding carboxylic acids is 1. The first kappa shape index (κ1) is 9.27. The SMILES string of the molecule is CN1C(=O)OCC1c1ccc(Cl)cn1. The Labute approximate surface area is 86.4 Å². The lowest BCUT2D eigenvalue weighted by atomic mass is 10.2. The molecule has 1 aliphatic heterocycles. The third-order valence-electron chi connectivity index (χ3n) is 2.21.